The van der Waals surface area contributed by atoms with Gasteiger partial charge in [-0.15, -0.1) is 0 Å². The molecule has 0 spiro atoms. The van der Waals surface area contributed by atoms with Crippen molar-refractivity contribution in [2.45, 2.75) is 39.3 Å². The van der Waals surface area contributed by atoms with Crippen molar-refractivity contribution in [2.24, 2.45) is 5.92 Å². The van der Waals surface area contributed by atoms with Crippen LogP contribution in [0.5, 0.6) is 0 Å². The smallest absolute Gasteiger partial charge is 0.254 e. The second kappa shape index (κ2) is 6.88. The zero-order chi connectivity index (χ0) is 19.0. The first-order chi connectivity index (χ1) is 13.0. The number of nitriles is 1. The Morgan fingerprint density at radius 3 is 2.81 bits per heavy atom. The van der Waals surface area contributed by atoms with E-state index in [0.29, 0.717) is 36.6 Å². The van der Waals surface area contributed by atoms with Gasteiger partial charge >= 0.3 is 0 Å². The number of hydrogen-bond donors (Lipinski definition) is 1. The Morgan fingerprint density at radius 1 is 1.26 bits per heavy atom. The summed E-state index contributed by atoms with van der Waals surface area (Å²) in [5, 5.41) is 16.2. The SMILES string of the molecule is Cc1ccc(C(=O)N2CCCn3nc(C#N)cc3C2)cc1NC(=O)C1CC1. The maximum Gasteiger partial charge on any atom is 0.254 e. The highest BCUT2D eigenvalue weighted by Crippen LogP contribution is 2.31. The molecule has 0 unspecified atom stereocenters. The lowest BCUT2D eigenvalue weighted by molar-refractivity contribution is -0.117. The van der Waals surface area contributed by atoms with Crippen LogP contribution in [-0.2, 0) is 17.9 Å². The zero-order valence-electron chi connectivity index (χ0n) is 15.2. The third-order valence-corrected chi connectivity index (χ3v) is 5.11. The number of anilines is 1. The first-order valence-electron chi connectivity index (χ1n) is 9.23. The van der Waals surface area contributed by atoms with Gasteiger partial charge in [0, 0.05) is 30.3 Å². The summed E-state index contributed by atoms with van der Waals surface area (Å²) in [5.74, 6) is 0.0690. The maximum atomic E-state index is 13.1. The number of nitrogens with zero attached hydrogens (tertiary/aromatic N) is 4. The minimum absolute atomic E-state index is 0.0328. The van der Waals surface area contributed by atoms with Crippen LogP contribution >= 0.6 is 0 Å². The van der Waals surface area contributed by atoms with Crippen LogP contribution in [-0.4, -0.2) is 33.0 Å². The predicted molar refractivity (Wildman–Crippen MR) is 98.8 cm³/mol. The summed E-state index contributed by atoms with van der Waals surface area (Å²) in [5.41, 5.74) is 3.43. The lowest BCUT2D eigenvalue weighted by Gasteiger charge is -2.21. The Hall–Kier alpha value is -3.14. The normalized spacial score (nSPS) is 16.2. The van der Waals surface area contributed by atoms with Crippen LogP contribution in [0.25, 0.3) is 0 Å². The van der Waals surface area contributed by atoms with Crippen molar-refractivity contribution >= 4 is 17.5 Å². The fourth-order valence-corrected chi connectivity index (χ4v) is 3.34. The first kappa shape index (κ1) is 17.3. The van der Waals surface area contributed by atoms with Crippen LogP contribution in [0.3, 0.4) is 0 Å². The van der Waals surface area contributed by atoms with E-state index in [-0.39, 0.29) is 17.7 Å². The van der Waals surface area contributed by atoms with Gasteiger partial charge in [-0.2, -0.15) is 10.4 Å². The molecule has 2 heterocycles. The van der Waals surface area contributed by atoms with E-state index < -0.39 is 0 Å². The lowest BCUT2D eigenvalue weighted by Crippen LogP contribution is -2.30. The molecule has 7 nitrogen and oxygen atoms in total. The van der Waals surface area contributed by atoms with Crippen LogP contribution in [0.2, 0.25) is 0 Å². The van der Waals surface area contributed by atoms with Crippen LogP contribution in [0.1, 0.15) is 46.6 Å². The van der Waals surface area contributed by atoms with Gasteiger partial charge in [-0.3, -0.25) is 14.3 Å². The molecule has 0 atom stereocenters. The molecule has 1 aromatic heterocycles. The molecule has 1 saturated carbocycles. The molecular weight excluding hydrogens is 342 g/mol. The third-order valence-electron chi connectivity index (χ3n) is 5.11. The Kier molecular flexibility index (Phi) is 4.40. The van der Waals surface area contributed by atoms with E-state index in [0.717, 1.165) is 30.5 Å². The fraction of sp³-hybridized carbons (Fsp3) is 0.400. The molecule has 138 valence electrons. The van der Waals surface area contributed by atoms with E-state index in [1.54, 1.807) is 23.1 Å². The van der Waals surface area contributed by atoms with Gasteiger partial charge in [0.25, 0.3) is 5.91 Å². The zero-order valence-corrected chi connectivity index (χ0v) is 15.2. The standard InChI is InChI=1S/C20H21N5O2/c1-13-3-4-15(9-18(13)22-19(26)14-5-6-14)20(27)24-7-2-8-25-17(12-24)10-16(11-21)23-25/h3-4,9-10,14H,2,5-8,12H2,1H3,(H,22,26). The van der Waals surface area contributed by atoms with E-state index in [9.17, 15) is 9.59 Å². The molecule has 2 aliphatic rings. The number of aryl methyl sites for hydroxylation is 2. The molecular formula is C20H21N5O2. The fourth-order valence-electron chi connectivity index (χ4n) is 3.34. The van der Waals surface area contributed by atoms with Crippen molar-refractivity contribution in [3.05, 3.63) is 46.8 Å². The molecule has 0 radical (unpaired) electrons. The molecule has 27 heavy (non-hydrogen) atoms. The van der Waals surface area contributed by atoms with Gasteiger partial charge in [-0.25, -0.2) is 0 Å². The maximum absolute atomic E-state index is 13.1. The number of nitrogens with one attached hydrogen (secondary N) is 1. The minimum Gasteiger partial charge on any atom is -0.333 e. The van der Waals surface area contributed by atoms with Gasteiger partial charge in [0.15, 0.2) is 5.69 Å². The third kappa shape index (κ3) is 3.56. The van der Waals surface area contributed by atoms with Crippen molar-refractivity contribution in [1.82, 2.24) is 14.7 Å². The number of hydrogen-bond acceptors (Lipinski definition) is 4. The molecule has 2 amide bonds. The van der Waals surface area contributed by atoms with Crippen LogP contribution in [0.15, 0.2) is 24.3 Å². The molecule has 0 bridgehead atoms. The molecule has 1 fully saturated rings. The quantitative estimate of drug-likeness (QED) is 0.907. The van der Waals surface area contributed by atoms with Gasteiger partial charge in [-0.05, 0) is 49.9 Å². The van der Waals surface area contributed by atoms with E-state index in [1.807, 2.05) is 17.7 Å². The molecule has 1 aromatic carbocycles. The molecule has 1 N–H and O–H groups in total. The van der Waals surface area contributed by atoms with Gasteiger partial charge in [0.2, 0.25) is 5.91 Å². The monoisotopic (exact) mass is 363 g/mol. The van der Waals surface area contributed by atoms with Crippen molar-refractivity contribution in [3.63, 3.8) is 0 Å². The minimum atomic E-state index is -0.0786. The molecule has 1 aliphatic heterocycles. The van der Waals surface area contributed by atoms with Gasteiger partial charge in [0.05, 0.1) is 12.2 Å². The molecule has 7 heteroatoms. The van der Waals surface area contributed by atoms with Crippen LogP contribution in [0.4, 0.5) is 5.69 Å². The Morgan fingerprint density at radius 2 is 2.07 bits per heavy atom. The average molecular weight is 363 g/mol. The van der Waals surface area contributed by atoms with E-state index in [4.69, 9.17) is 5.26 Å². The molecule has 1 aliphatic carbocycles. The molecule has 4 rings (SSSR count). The largest absolute Gasteiger partial charge is 0.333 e. The van der Waals surface area contributed by atoms with E-state index in [1.165, 1.54) is 0 Å². The highest BCUT2D eigenvalue weighted by molar-refractivity contribution is 5.98. The van der Waals surface area contributed by atoms with Gasteiger partial charge < -0.3 is 10.2 Å². The summed E-state index contributed by atoms with van der Waals surface area (Å²) in [6.45, 7) is 3.66. The van der Waals surface area contributed by atoms with Gasteiger partial charge in [0.1, 0.15) is 6.07 Å². The van der Waals surface area contributed by atoms with Crippen molar-refractivity contribution in [2.75, 3.05) is 11.9 Å². The van der Waals surface area contributed by atoms with Crippen LogP contribution < -0.4 is 5.32 Å². The summed E-state index contributed by atoms with van der Waals surface area (Å²) >= 11 is 0. The number of carbonyl (C=O) groups excluding carboxylic acids is 2. The second-order valence-corrected chi connectivity index (χ2v) is 7.23. The number of rotatable bonds is 3. The highest BCUT2D eigenvalue weighted by Gasteiger charge is 2.30. The number of aromatic nitrogens is 2. The Balaban J connectivity index is 1.55. The molecule has 0 saturated heterocycles. The highest BCUT2D eigenvalue weighted by atomic mass is 16.2. The summed E-state index contributed by atoms with van der Waals surface area (Å²) in [7, 11) is 0. The number of benzene rings is 1. The second-order valence-electron chi connectivity index (χ2n) is 7.23. The van der Waals surface area contributed by atoms with Crippen LogP contribution in [0, 0.1) is 24.2 Å². The Labute approximate surface area is 157 Å². The topological polar surface area (TPSA) is 91.0 Å². The van der Waals surface area contributed by atoms with Crippen molar-refractivity contribution in [1.29, 1.82) is 5.26 Å². The summed E-state index contributed by atoms with van der Waals surface area (Å²) in [6, 6.07) is 9.22. The van der Waals surface area contributed by atoms with Crippen molar-refractivity contribution < 1.29 is 9.59 Å². The first-order valence-corrected chi connectivity index (χ1v) is 9.23. The average Bonchev–Trinajstić information content (AvgIpc) is 3.47. The van der Waals surface area contributed by atoms with E-state index >= 15 is 0 Å². The summed E-state index contributed by atoms with van der Waals surface area (Å²) < 4.78 is 1.81. The Bertz CT molecular complexity index is 952. The lowest BCUT2D eigenvalue weighted by atomic mass is 10.1. The number of carbonyl (C=O) groups is 2. The van der Waals surface area contributed by atoms with Gasteiger partial charge in [-0.1, -0.05) is 6.07 Å². The van der Waals surface area contributed by atoms with E-state index in [2.05, 4.69) is 16.5 Å². The number of fused-ring (bicyclic) bond motifs is 1. The number of amides is 2. The summed E-state index contributed by atoms with van der Waals surface area (Å²) in [6.07, 6.45) is 2.66. The predicted octanol–water partition coefficient (Wildman–Crippen LogP) is 2.46. The van der Waals surface area contributed by atoms with Crippen molar-refractivity contribution in [3.8, 4) is 6.07 Å². The summed E-state index contributed by atoms with van der Waals surface area (Å²) in [4.78, 5) is 26.9. The molecule has 2 aromatic rings.